The number of nitrogens with zero attached hydrogens (tertiary/aromatic N) is 1. The molecule has 1 amide bonds. The van der Waals surface area contributed by atoms with E-state index in [4.69, 9.17) is 4.74 Å². The average Bonchev–Trinajstić information content (AvgIpc) is 2.37. The Labute approximate surface area is 126 Å². The minimum Gasteiger partial charge on any atom is -0.426 e. The molecule has 1 rings (SSSR count). The Morgan fingerprint density at radius 1 is 1.33 bits per heavy atom. The van der Waals surface area contributed by atoms with Gasteiger partial charge in [0, 0.05) is 5.71 Å². The lowest BCUT2D eigenvalue weighted by Crippen LogP contribution is -2.41. The zero-order valence-corrected chi connectivity index (χ0v) is 13.5. The molecule has 0 aliphatic heterocycles. The van der Waals surface area contributed by atoms with Crippen molar-refractivity contribution in [2.24, 2.45) is 4.99 Å². The van der Waals surface area contributed by atoms with Crippen LogP contribution < -0.4 is 5.32 Å². The van der Waals surface area contributed by atoms with Crippen molar-refractivity contribution in [2.75, 3.05) is 6.73 Å². The van der Waals surface area contributed by atoms with Crippen molar-refractivity contribution in [1.29, 1.82) is 0 Å². The van der Waals surface area contributed by atoms with Gasteiger partial charge in [-0.3, -0.25) is 4.99 Å². The van der Waals surface area contributed by atoms with Gasteiger partial charge in [0.2, 0.25) is 0 Å². The molecule has 0 aromatic heterocycles. The molecule has 21 heavy (non-hydrogen) atoms. The van der Waals surface area contributed by atoms with E-state index >= 15 is 0 Å². The number of hydrogen-bond donors (Lipinski definition) is 1. The highest BCUT2D eigenvalue weighted by Crippen LogP contribution is 2.23. The molecule has 0 unspecified atom stereocenters. The van der Waals surface area contributed by atoms with E-state index in [0.29, 0.717) is 0 Å². The van der Waals surface area contributed by atoms with E-state index in [-0.39, 0.29) is 6.73 Å². The first-order valence-corrected chi connectivity index (χ1v) is 6.91. The van der Waals surface area contributed by atoms with Crippen LogP contribution in [-0.4, -0.2) is 18.5 Å². The highest BCUT2D eigenvalue weighted by atomic mass is 16.6. The first-order valence-electron chi connectivity index (χ1n) is 6.91. The summed E-state index contributed by atoms with van der Waals surface area (Å²) < 4.78 is 5.03. The molecule has 4 heteroatoms. The summed E-state index contributed by atoms with van der Waals surface area (Å²) in [4.78, 5) is 15.8. The summed E-state index contributed by atoms with van der Waals surface area (Å²) in [5.74, 6) is 0. The number of carbonyl (C=O) groups is 1. The third-order valence-corrected chi connectivity index (χ3v) is 3.07. The second-order valence-electron chi connectivity index (χ2n) is 5.78. The molecule has 114 valence electrons. The van der Waals surface area contributed by atoms with Crippen LogP contribution in [0.3, 0.4) is 0 Å². The molecule has 1 aromatic carbocycles. The van der Waals surface area contributed by atoms with Crippen LogP contribution >= 0.6 is 0 Å². The lowest BCUT2D eigenvalue weighted by Gasteiger charge is -2.26. The minimum atomic E-state index is -0.534. The summed E-state index contributed by atoms with van der Waals surface area (Å²) in [5.41, 5.74) is 3.38. The van der Waals surface area contributed by atoms with Crippen LogP contribution in [0.25, 0.3) is 5.57 Å². The molecule has 0 spiro atoms. The zero-order valence-electron chi connectivity index (χ0n) is 13.5. The Bertz CT molecular complexity index is 556. The summed E-state index contributed by atoms with van der Waals surface area (Å²) in [6.07, 6.45) is -0.481. The number of carbonyl (C=O) groups excluding carboxylic acids is 1. The van der Waals surface area contributed by atoms with E-state index in [1.807, 2.05) is 58.9 Å². The van der Waals surface area contributed by atoms with Crippen molar-refractivity contribution in [2.45, 2.75) is 40.2 Å². The molecular formula is C17H24N2O2. The van der Waals surface area contributed by atoms with Crippen LogP contribution in [-0.2, 0) is 10.3 Å². The summed E-state index contributed by atoms with van der Waals surface area (Å²) in [6.45, 7) is 13.5. The average molecular weight is 288 g/mol. The normalized spacial score (nSPS) is 10.7. The van der Waals surface area contributed by atoms with Crippen molar-refractivity contribution >= 4 is 17.4 Å². The number of nitrogens with one attached hydrogen (secondary N) is 1. The van der Waals surface area contributed by atoms with Crippen LogP contribution in [0.2, 0.25) is 0 Å². The molecule has 0 heterocycles. The number of aliphatic imine (C=N–C) groups is 1. The first kappa shape index (κ1) is 17.0. The first-order chi connectivity index (χ1) is 9.72. The lowest BCUT2D eigenvalue weighted by molar-refractivity contribution is 0.139. The number of alkyl carbamates (subject to hydrolysis) is 1. The molecular weight excluding hydrogens is 264 g/mol. The fourth-order valence-electron chi connectivity index (χ4n) is 1.76. The number of hydrogen-bond acceptors (Lipinski definition) is 3. The monoisotopic (exact) mass is 288 g/mol. The SMILES string of the molecule is C=C(C)c1cccc(C(C)(C)NC(=O)OCN=C(C)C)c1. The van der Waals surface area contributed by atoms with Crippen molar-refractivity contribution in [3.8, 4) is 0 Å². The largest absolute Gasteiger partial charge is 0.426 e. The van der Waals surface area contributed by atoms with Gasteiger partial charge in [-0.1, -0.05) is 30.4 Å². The molecule has 0 bridgehead atoms. The Morgan fingerprint density at radius 2 is 2.00 bits per heavy atom. The summed E-state index contributed by atoms with van der Waals surface area (Å²) in [6, 6.07) is 7.95. The molecule has 0 saturated heterocycles. The Morgan fingerprint density at radius 3 is 2.57 bits per heavy atom. The number of ether oxygens (including phenoxy) is 1. The van der Waals surface area contributed by atoms with Gasteiger partial charge in [-0.05, 0) is 51.8 Å². The minimum absolute atomic E-state index is 0.0378. The molecule has 1 aromatic rings. The molecule has 0 atom stereocenters. The van der Waals surface area contributed by atoms with Gasteiger partial charge in [-0.15, -0.1) is 0 Å². The maximum atomic E-state index is 11.8. The van der Waals surface area contributed by atoms with Gasteiger partial charge in [0.05, 0.1) is 5.54 Å². The van der Waals surface area contributed by atoms with Crippen molar-refractivity contribution in [1.82, 2.24) is 5.32 Å². The summed E-state index contributed by atoms with van der Waals surface area (Å²) in [7, 11) is 0. The maximum absolute atomic E-state index is 11.8. The van der Waals surface area contributed by atoms with Crippen LogP contribution in [0.1, 0.15) is 45.7 Å². The van der Waals surface area contributed by atoms with Crippen LogP contribution in [0.15, 0.2) is 35.8 Å². The van der Waals surface area contributed by atoms with Gasteiger partial charge in [0.15, 0.2) is 6.73 Å². The molecule has 1 N–H and O–H groups in total. The van der Waals surface area contributed by atoms with Gasteiger partial charge in [-0.25, -0.2) is 4.79 Å². The quantitative estimate of drug-likeness (QED) is 0.829. The summed E-state index contributed by atoms with van der Waals surface area (Å²) in [5, 5.41) is 2.85. The zero-order chi connectivity index (χ0) is 16.0. The molecule has 0 fully saturated rings. The second kappa shape index (κ2) is 7.07. The van der Waals surface area contributed by atoms with Crippen molar-refractivity contribution in [3.05, 3.63) is 42.0 Å². The van der Waals surface area contributed by atoms with E-state index < -0.39 is 11.6 Å². The predicted molar refractivity (Wildman–Crippen MR) is 87.4 cm³/mol. The summed E-state index contributed by atoms with van der Waals surface area (Å²) >= 11 is 0. The Hall–Kier alpha value is -2.10. The van der Waals surface area contributed by atoms with E-state index in [0.717, 1.165) is 22.4 Å². The Balaban J connectivity index is 2.76. The topological polar surface area (TPSA) is 50.7 Å². The smallest absolute Gasteiger partial charge is 0.409 e. The highest BCUT2D eigenvalue weighted by Gasteiger charge is 2.23. The molecule has 0 saturated carbocycles. The Kier molecular flexibility index (Phi) is 5.70. The molecule has 4 nitrogen and oxygen atoms in total. The van der Waals surface area contributed by atoms with E-state index in [1.165, 1.54) is 0 Å². The standard InChI is InChI=1S/C17H24N2O2/c1-12(2)14-8-7-9-15(10-14)17(5,6)19-16(20)21-11-18-13(3)4/h7-10H,1,11H2,2-6H3,(H,19,20). The lowest BCUT2D eigenvalue weighted by atomic mass is 9.92. The van der Waals surface area contributed by atoms with Crippen LogP contribution in [0.4, 0.5) is 4.79 Å². The van der Waals surface area contributed by atoms with Crippen molar-refractivity contribution < 1.29 is 9.53 Å². The maximum Gasteiger partial charge on any atom is 0.409 e. The van der Waals surface area contributed by atoms with Gasteiger partial charge in [0.25, 0.3) is 0 Å². The third-order valence-electron chi connectivity index (χ3n) is 3.07. The van der Waals surface area contributed by atoms with Gasteiger partial charge >= 0.3 is 6.09 Å². The number of allylic oxidation sites excluding steroid dienone is 1. The van der Waals surface area contributed by atoms with Gasteiger partial charge in [0.1, 0.15) is 0 Å². The van der Waals surface area contributed by atoms with E-state index in [1.54, 1.807) is 0 Å². The fourth-order valence-corrected chi connectivity index (χ4v) is 1.76. The molecule has 0 aliphatic carbocycles. The molecule has 0 radical (unpaired) electrons. The fraction of sp³-hybridized carbons (Fsp3) is 0.412. The third kappa shape index (κ3) is 5.42. The molecule has 0 aliphatic rings. The number of amides is 1. The van der Waals surface area contributed by atoms with Gasteiger partial charge < -0.3 is 10.1 Å². The van der Waals surface area contributed by atoms with Crippen LogP contribution in [0, 0.1) is 0 Å². The highest BCUT2D eigenvalue weighted by molar-refractivity contribution is 5.79. The number of benzene rings is 1. The van der Waals surface area contributed by atoms with E-state index in [9.17, 15) is 4.79 Å². The van der Waals surface area contributed by atoms with E-state index in [2.05, 4.69) is 16.9 Å². The number of rotatable bonds is 5. The predicted octanol–water partition coefficient (Wildman–Crippen LogP) is 4.12. The van der Waals surface area contributed by atoms with Gasteiger partial charge in [-0.2, -0.15) is 0 Å². The van der Waals surface area contributed by atoms with Crippen LogP contribution in [0.5, 0.6) is 0 Å². The van der Waals surface area contributed by atoms with Crippen molar-refractivity contribution in [3.63, 3.8) is 0 Å². The second-order valence-corrected chi connectivity index (χ2v) is 5.78.